The largest absolute Gasteiger partial charge is 0.313 e. The van der Waals surface area contributed by atoms with Gasteiger partial charge in [0.05, 0.1) is 4.92 Å². The van der Waals surface area contributed by atoms with Crippen LogP contribution in [0.25, 0.3) is 0 Å². The monoisotopic (exact) mass is 294 g/mol. The van der Waals surface area contributed by atoms with Gasteiger partial charge in [-0.1, -0.05) is 38.7 Å². The van der Waals surface area contributed by atoms with Gasteiger partial charge in [-0.3, -0.25) is 10.1 Å². The highest BCUT2D eigenvalue weighted by Crippen LogP contribution is 2.29. The quantitative estimate of drug-likeness (QED) is 0.489. The zero-order valence-electron chi connectivity index (χ0n) is 12.5. The normalized spacial score (nSPS) is 22.2. The Bertz CT molecular complexity index is 485. The van der Waals surface area contributed by atoms with Gasteiger partial charge in [-0.05, 0) is 36.4 Å². The molecule has 1 aliphatic rings. The van der Waals surface area contributed by atoms with E-state index in [9.17, 15) is 14.5 Å². The van der Waals surface area contributed by atoms with Crippen LogP contribution >= 0.6 is 0 Å². The molecular formula is C16H23FN2O2. The molecule has 0 spiro atoms. The molecule has 1 aromatic carbocycles. The summed E-state index contributed by atoms with van der Waals surface area (Å²) in [4.78, 5) is 9.84. The summed E-state index contributed by atoms with van der Waals surface area (Å²) < 4.78 is 13.5. The van der Waals surface area contributed by atoms with Crippen molar-refractivity contribution in [3.8, 4) is 0 Å². The molecule has 0 amide bonds. The van der Waals surface area contributed by atoms with Crippen molar-refractivity contribution in [2.45, 2.75) is 45.6 Å². The van der Waals surface area contributed by atoms with E-state index >= 15 is 0 Å². The van der Waals surface area contributed by atoms with E-state index in [1.807, 2.05) is 0 Å². The van der Waals surface area contributed by atoms with Crippen LogP contribution in [-0.4, -0.2) is 11.5 Å². The van der Waals surface area contributed by atoms with E-state index in [0.717, 1.165) is 30.4 Å². The van der Waals surface area contributed by atoms with Crippen molar-refractivity contribution in [3.63, 3.8) is 0 Å². The smallest absolute Gasteiger partial charge is 0.304 e. The van der Waals surface area contributed by atoms with Crippen LogP contribution in [0.15, 0.2) is 18.2 Å². The van der Waals surface area contributed by atoms with Crippen molar-refractivity contribution in [2.24, 2.45) is 11.8 Å². The highest BCUT2D eigenvalue weighted by Gasteiger charge is 2.17. The van der Waals surface area contributed by atoms with Gasteiger partial charge in [0.2, 0.25) is 5.82 Å². The molecule has 1 fully saturated rings. The van der Waals surface area contributed by atoms with Crippen LogP contribution in [0.1, 0.15) is 44.6 Å². The first-order valence-electron chi connectivity index (χ1n) is 7.70. The molecule has 21 heavy (non-hydrogen) atoms. The Hall–Kier alpha value is -1.49. The maximum absolute atomic E-state index is 13.5. The van der Waals surface area contributed by atoms with Crippen LogP contribution in [0.3, 0.4) is 0 Å². The lowest BCUT2D eigenvalue weighted by Crippen LogP contribution is -2.20. The van der Waals surface area contributed by atoms with Gasteiger partial charge in [0.1, 0.15) is 0 Å². The van der Waals surface area contributed by atoms with Crippen LogP contribution < -0.4 is 5.32 Å². The van der Waals surface area contributed by atoms with Gasteiger partial charge < -0.3 is 5.32 Å². The first-order valence-corrected chi connectivity index (χ1v) is 7.70. The van der Waals surface area contributed by atoms with Crippen molar-refractivity contribution in [3.05, 3.63) is 39.7 Å². The number of nitrogens with zero attached hydrogens (tertiary/aromatic N) is 1. The molecule has 2 rings (SSSR count). The Morgan fingerprint density at radius 2 is 2.05 bits per heavy atom. The van der Waals surface area contributed by atoms with Crippen molar-refractivity contribution in [2.75, 3.05) is 6.54 Å². The number of halogens is 1. The molecule has 116 valence electrons. The molecule has 5 heteroatoms. The number of benzene rings is 1. The first kappa shape index (κ1) is 15.9. The van der Waals surface area contributed by atoms with E-state index in [0.29, 0.717) is 6.54 Å². The molecule has 1 N–H and O–H groups in total. The fraction of sp³-hybridized carbons (Fsp3) is 0.625. The average molecular weight is 294 g/mol. The Balaban J connectivity index is 1.71. The molecule has 0 saturated heterocycles. The molecule has 0 aliphatic heterocycles. The first-order chi connectivity index (χ1) is 10.1. The van der Waals surface area contributed by atoms with Crippen molar-refractivity contribution < 1.29 is 9.31 Å². The molecule has 0 unspecified atom stereocenters. The Kier molecular flexibility index (Phi) is 5.67. The summed E-state index contributed by atoms with van der Waals surface area (Å²) in [5, 5.41) is 13.8. The average Bonchev–Trinajstić information content (AvgIpc) is 2.45. The third-order valence-corrected chi connectivity index (χ3v) is 4.40. The highest BCUT2D eigenvalue weighted by atomic mass is 19.1. The Morgan fingerprint density at radius 3 is 2.67 bits per heavy atom. The Labute approximate surface area is 124 Å². The van der Waals surface area contributed by atoms with Gasteiger partial charge in [-0.2, -0.15) is 4.39 Å². The minimum atomic E-state index is -0.763. The summed E-state index contributed by atoms with van der Waals surface area (Å²) in [6.07, 6.45) is 6.45. The second-order valence-electron chi connectivity index (χ2n) is 6.13. The van der Waals surface area contributed by atoms with Gasteiger partial charge in [0, 0.05) is 12.6 Å². The van der Waals surface area contributed by atoms with Crippen LogP contribution in [0.4, 0.5) is 10.1 Å². The van der Waals surface area contributed by atoms with E-state index in [1.54, 1.807) is 6.07 Å². The van der Waals surface area contributed by atoms with E-state index < -0.39 is 16.4 Å². The summed E-state index contributed by atoms with van der Waals surface area (Å²) in [5.41, 5.74) is 0.283. The third kappa shape index (κ3) is 4.77. The maximum Gasteiger partial charge on any atom is 0.304 e. The van der Waals surface area contributed by atoms with Crippen LogP contribution in [0.5, 0.6) is 0 Å². The number of hydrogen-bond acceptors (Lipinski definition) is 3. The molecule has 1 aliphatic carbocycles. The molecule has 4 nitrogen and oxygen atoms in total. The van der Waals surface area contributed by atoms with E-state index in [1.165, 1.54) is 37.8 Å². The lowest BCUT2D eigenvalue weighted by Gasteiger charge is -2.26. The minimum Gasteiger partial charge on any atom is -0.313 e. The van der Waals surface area contributed by atoms with Crippen LogP contribution in [0.2, 0.25) is 0 Å². The number of rotatable bonds is 6. The fourth-order valence-corrected chi connectivity index (χ4v) is 2.97. The summed E-state index contributed by atoms with van der Waals surface area (Å²) >= 11 is 0. The topological polar surface area (TPSA) is 55.2 Å². The lowest BCUT2D eigenvalue weighted by atomic mass is 9.81. The molecule has 0 radical (unpaired) electrons. The van der Waals surface area contributed by atoms with Gasteiger partial charge in [-0.25, -0.2) is 0 Å². The van der Waals surface area contributed by atoms with Crippen LogP contribution in [0, 0.1) is 27.8 Å². The highest BCUT2D eigenvalue weighted by molar-refractivity contribution is 5.34. The zero-order chi connectivity index (χ0) is 15.2. The van der Waals surface area contributed by atoms with Gasteiger partial charge in [0.25, 0.3) is 0 Å². The minimum absolute atomic E-state index is 0.463. The second kappa shape index (κ2) is 7.50. The van der Waals surface area contributed by atoms with Crippen molar-refractivity contribution in [1.82, 2.24) is 5.32 Å². The standard InChI is InChI=1S/C16H23FN2O2/c1-12-2-4-13(5-3-12)8-9-18-11-14-6-7-16(19(20)21)15(17)10-14/h6-7,10,12-13,18H,2-5,8-9,11H2,1H3. The number of hydrogen-bond donors (Lipinski definition) is 1. The molecule has 1 saturated carbocycles. The molecule has 0 bridgehead atoms. The van der Waals surface area contributed by atoms with E-state index in [-0.39, 0.29) is 0 Å². The summed E-state index contributed by atoms with van der Waals surface area (Å²) in [7, 11) is 0. The molecule has 0 atom stereocenters. The predicted molar refractivity (Wildman–Crippen MR) is 80.5 cm³/mol. The molecule has 0 heterocycles. The van der Waals surface area contributed by atoms with Crippen LogP contribution in [-0.2, 0) is 6.54 Å². The van der Waals surface area contributed by atoms with E-state index in [2.05, 4.69) is 12.2 Å². The molecule has 0 aromatic heterocycles. The van der Waals surface area contributed by atoms with E-state index in [4.69, 9.17) is 0 Å². The summed E-state index contributed by atoms with van der Waals surface area (Å²) in [5.74, 6) is 0.917. The van der Waals surface area contributed by atoms with Gasteiger partial charge >= 0.3 is 5.69 Å². The maximum atomic E-state index is 13.5. The number of nitro benzene ring substituents is 1. The number of nitrogens with one attached hydrogen (secondary N) is 1. The second-order valence-corrected chi connectivity index (χ2v) is 6.13. The Morgan fingerprint density at radius 1 is 1.33 bits per heavy atom. The lowest BCUT2D eigenvalue weighted by molar-refractivity contribution is -0.387. The summed E-state index contributed by atoms with van der Waals surface area (Å²) in [6.45, 7) is 3.79. The summed E-state index contributed by atoms with van der Waals surface area (Å²) in [6, 6.07) is 4.08. The SMILES string of the molecule is CC1CCC(CCNCc2ccc([N+](=O)[O-])c(F)c2)CC1. The third-order valence-electron chi connectivity index (χ3n) is 4.40. The molecular weight excluding hydrogens is 271 g/mol. The predicted octanol–water partition coefficient (Wildman–Crippen LogP) is 4.04. The van der Waals surface area contributed by atoms with Crippen molar-refractivity contribution >= 4 is 5.69 Å². The molecule has 1 aromatic rings. The zero-order valence-corrected chi connectivity index (χ0v) is 12.5. The van der Waals surface area contributed by atoms with Crippen molar-refractivity contribution in [1.29, 1.82) is 0 Å². The fourth-order valence-electron chi connectivity index (χ4n) is 2.97. The van der Waals surface area contributed by atoms with Gasteiger partial charge in [0.15, 0.2) is 0 Å². The number of nitro groups is 1. The van der Waals surface area contributed by atoms with Gasteiger partial charge in [-0.15, -0.1) is 0 Å².